The van der Waals surface area contributed by atoms with Gasteiger partial charge in [-0.25, -0.2) is 0 Å². The maximum atomic E-state index is 11.3. The van der Waals surface area contributed by atoms with Crippen molar-refractivity contribution in [3.05, 3.63) is 70.0 Å². The summed E-state index contributed by atoms with van der Waals surface area (Å²) >= 11 is 1.29. The molecule has 160 valence electrons. The Balaban J connectivity index is 1.87. The van der Waals surface area contributed by atoms with E-state index in [9.17, 15) is 10.1 Å². The molecule has 31 heavy (non-hydrogen) atoms. The Morgan fingerprint density at radius 3 is 2.39 bits per heavy atom. The van der Waals surface area contributed by atoms with Crippen LogP contribution in [0.25, 0.3) is 5.69 Å². The summed E-state index contributed by atoms with van der Waals surface area (Å²) in [5, 5.41) is 19.9. The van der Waals surface area contributed by atoms with Gasteiger partial charge in [-0.15, -0.1) is 16.6 Å². The summed E-state index contributed by atoms with van der Waals surface area (Å²) in [5.41, 5.74) is 1.64. The van der Waals surface area contributed by atoms with Crippen LogP contribution in [-0.4, -0.2) is 39.4 Å². The highest BCUT2D eigenvalue weighted by Crippen LogP contribution is 2.36. The molecule has 0 bridgehead atoms. The molecule has 0 spiro atoms. The Morgan fingerprint density at radius 2 is 1.77 bits per heavy atom. The number of ether oxygens (including phenoxy) is 2. The van der Waals surface area contributed by atoms with E-state index in [0.717, 1.165) is 17.0 Å². The second-order valence-corrected chi connectivity index (χ2v) is 7.65. The molecule has 0 radical (unpaired) electrons. The van der Waals surface area contributed by atoms with Crippen LogP contribution in [0.15, 0.2) is 53.7 Å². The third kappa shape index (κ3) is 5.77. The first-order valence-corrected chi connectivity index (χ1v) is 10.5. The number of nitrogens with zero attached hydrogens (tertiary/aromatic N) is 4. The van der Waals surface area contributed by atoms with E-state index < -0.39 is 5.25 Å². The molecule has 8 nitrogen and oxygen atoms in total. The molecule has 1 atom stereocenters. The molecule has 0 unspecified atom stereocenters. The molecule has 0 amide bonds. The highest BCUT2D eigenvalue weighted by Gasteiger charge is 2.24. The second-order valence-electron chi connectivity index (χ2n) is 6.48. The number of hydrogen-bond donors (Lipinski definition) is 0. The van der Waals surface area contributed by atoms with Gasteiger partial charge in [-0.2, -0.15) is 0 Å². The molecule has 0 fully saturated rings. The van der Waals surface area contributed by atoms with Gasteiger partial charge >= 0.3 is 0 Å². The minimum atomic E-state index is -0.457. The quantitative estimate of drug-likeness (QED) is 0.204. The summed E-state index contributed by atoms with van der Waals surface area (Å²) in [5.74, 6) is 4.47. The van der Waals surface area contributed by atoms with Gasteiger partial charge in [-0.05, 0) is 55.8 Å². The molecular weight excluding hydrogens is 416 g/mol. The highest BCUT2D eigenvalue weighted by molar-refractivity contribution is 7.99. The number of aromatic nitrogens is 3. The Labute approximate surface area is 184 Å². The molecule has 9 heteroatoms. The summed E-state index contributed by atoms with van der Waals surface area (Å²) < 4.78 is 12.8. The predicted octanol–water partition coefficient (Wildman–Crippen LogP) is 4.10. The van der Waals surface area contributed by atoms with Crippen molar-refractivity contribution in [2.24, 2.45) is 0 Å². The van der Waals surface area contributed by atoms with Crippen LogP contribution in [-0.2, 0) is 0 Å². The molecule has 0 aliphatic heterocycles. The fourth-order valence-electron chi connectivity index (χ4n) is 2.95. The Bertz CT molecular complexity index is 1060. The maximum Gasteiger partial charge on any atom is 0.220 e. The van der Waals surface area contributed by atoms with Crippen LogP contribution in [0.4, 0.5) is 0 Å². The Hall–Kier alpha value is -3.51. The lowest BCUT2D eigenvalue weighted by Crippen LogP contribution is -2.11. The van der Waals surface area contributed by atoms with Gasteiger partial charge in [0, 0.05) is 10.6 Å². The van der Waals surface area contributed by atoms with E-state index in [1.807, 2.05) is 42.7 Å². The number of rotatable bonds is 10. The first kappa shape index (κ1) is 22.2. The first-order chi connectivity index (χ1) is 15.0. The standard InChI is InChI=1S/C22H22N4O4S/c1-4-14-30-20-10-6-17(7-11-20)21(15-25(27)28)31-22-24-23-16(3)26(22)18-8-12-19(13-9-18)29-5-2/h1,6-13,21H,5,14-15H2,2-3H3/t21-/m1/s1. The zero-order valence-electron chi connectivity index (χ0n) is 17.2. The van der Waals surface area contributed by atoms with Crippen LogP contribution in [0.1, 0.15) is 23.6 Å². The molecule has 1 aromatic heterocycles. The molecule has 0 aliphatic rings. The van der Waals surface area contributed by atoms with Crippen LogP contribution in [0.3, 0.4) is 0 Å². The number of thioether (sulfide) groups is 1. The third-order valence-electron chi connectivity index (χ3n) is 4.34. The van der Waals surface area contributed by atoms with E-state index >= 15 is 0 Å². The molecule has 1 heterocycles. The summed E-state index contributed by atoms with van der Waals surface area (Å²) in [6, 6.07) is 14.7. The van der Waals surface area contributed by atoms with Crippen LogP contribution in [0.5, 0.6) is 11.5 Å². The number of aryl methyl sites for hydroxylation is 1. The van der Waals surface area contributed by atoms with E-state index in [1.54, 1.807) is 24.3 Å². The van der Waals surface area contributed by atoms with Crippen molar-refractivity contribution < 1.29 is 14.4 Å². The van der Waals surface area contributed by atoms with Crippen LogP contribution in [0.2, 0.25) is 0 Å². The molecule has 0 aliphatic carbocycles. The van der Waals surface area contributed by atoms with Crippen molar-refractivity contribution >= 4 is 11.8 Å². The highest BCUT2D eigenvalue weighted by atomic mass is 32.2. The second kappa shape index (κ2) is 10.5. The van der Waals surface area contributed by atoms with Crippen LogP contribution in [0, 0.1) is 29.4 Å². The van der Waals surface area contributed by atoms with Gasteiger partial charge in [0.25, 0.3) is 0 Å². The van der Waals surface area contributed by atoms with E-state index in [1.165, 1.54) is 11.8 Å². The zero-order valence-corrected chi connectivity index (χ0v) is 18.0. The van der Waals surface area contributed by atoms with Gasteiger partial charge < -0.3 is 9.47 Å². The molecular formula is C22H22N4O4S. The molecule has 0 saturated carbocycles. The average Bonchev–Trinajstić information content (AvgIpc) is 3.12. The summed E-state index contributed by atoms with van der Waals surface area (Å²) in [6.07, 6.45) is 5.21. The smallest absolute Gasteiger partial charge is 0.220 e. The number of hydrogen-bond acceptors (Lipinski definition) is 7. The van der Waals surface area contributed by atoms with Gasteiger partial charge in [-0.3, -0.25) is 14.7 Å². The monoisotopic (exact) mass is 438 g/mol. The van der Waals surface area contributed by atoms with Gasteiger partial charge in [0.15, 0.2) is 5.16 Å². The minimum Gasteiger partial charge on any atom is -0.494 e. The van der Waals surface area contributed by atoms with Crippen LogP contribution < -0.4 is 9.47 Å². The lowest BCUT2D eigenvalue weighted by Gasteiger charge is -2.15. The molecule has 3 rings (SSSR count). The summed E-state index contributed by atoms with van der Waals surface area (Å²) in [4.78, 5) is 11.0. The number of nitro groups is 1. The molecule has 0 N–H and O–H groups in total. The number of benzene rings is 2. The van der Waals surface area contributed by atoms with Gasteiger partial charge in [0.2, 0.25) is 6.54 Å². The number of terminal acetylenes is 1. The molecule has 0 saturated heterocycles. The molecule has 2 aromatic carbocycles. The minimum absolute atomic E-state index is 0.164. The Kier molecular flexibility index (Phi) is 7.51. The topological polar surface area (TPSA) is 92.3 Å². The Morgan fingerprint density at radius 1 is 1.13 bits per heavy atom. The van der Waals surface area contributed by atoms with E-state index in [-0.39, 0.29) is 18.1 Å². The van der Waals surface area contributed by atoms with Crippen LogP contribution >= 0.6 is 11.8 Å². The van der Waals surface area contributed by atoms with Crippen molar-refractivity contribution in [3.8, 4) is 29.5 Å². The largest absolute Gasteiger partial charge is 0.494 e. The van der Waals surface area contributed by atoms with Gasteiger partial charge in [0.1, 0.15) is 29.2 Å². The lowest BCUT2D eigenvalue weighted by molar-refractivity contribution is -0.479. The van der Waals surface area contributed by atoms with Crippen molar-refractivity contribution in [2.45, 2.75) is 24.3 Å². The first-order valence-electron chi connectivity index (χ1n) is 9.61. The summed E-state index contributed by atoms with van der Waals surface area (Å²) in [7, 11) is 0. The van der Waals surface area contributed by atoms with Gasteiger partial charge in [-0.1, -0.05) is 29.8 Å². The summed E-state index contributed by atoms with van der Waals surface area (Å²) in [6.45, 7) is 4.26. The van der Waals surface area contributed by atoms with E-state index in [2.05, 4.69) is 16.1 Å². The van der Waals surface area contributed by atoms with Crippen molar-refractivity contribution in [1.82, 2.24) is 14.8 Å². The van der Waals surface area contributed by atoms with Crippen molar-refractivity contribution in [1.29, 1.82) is 0 Å². The van der Waals surface area contributed by atoms with Crippen molar-refractivity contribution in [2.75, 3.05) is 19.8 Å². The van der Waals surface area contributed by atoms with Gasteiger partial charge in [0.05, 0.1) is 6.61 Å². The average molecular weight is 439 g/mol. The molecule has 3 aromatic rings. The third-order valence-corrected chi connectivity index (χ3v) is 5.52. The fraction of sp³-hybridized carbons (Fsp3) is 0.273. The van der Waals surface area contributed by atoms with Crippen molar-refractivity contribution in [3.63, 3.8) is 0 Å². The normalized spacial score (nSPS) is 11.5. The lowest BCUT2D eigenvalue weighted by atomic mass is 10.1. The fourth-order valence-corrected chi connectivity index (χ4v) is 4.13. The predicted molar refractivity (Wildman–Crippen MR) is 118 cm³/mol. The SMILES string of the molecule is C#CCOc1ccc([C@@H](C[N+](=O)[O-])Sc2nnc(C)n2-c2ccc(OCC)cc2)cc1. The van der Waals surface area contributed by atoms with E-state index in [4.69, 9.17) is 15.9 Å². The zero-order chi connectivity index (χ0) is 22.2. The maximum absolute atomic E-state index is 11.3. The van der Waals surface area contributed by atoms with E-state index in [0.29, 0.717) is 23.3 Å².